The second kappa shape index (κ2) is 4.22. The number of nitro groups is 1. The molecule has 1 aromatic rings. The average Bonchev–Trinajstić information content (AvgIpc) is 2.14. The van der Waals surface area contributed by atoms with Gasteiger partial charge in [0.05, 0.1) is 11.0 Å². The highest BCUT2D eigenvalue weighted by molar-refractivity contribution is 5.32. The fourth-order valence-electron chi connectivity index (χ4n) is 0.851. The molecule has 0 aliphatic carbocycles. The fourth-order valence-corrected chi connectivity index (χ4v) is 0.851. The fraction of sp³-hybridized carbons (Fsp3) is 0.444. The van der Waals surface area contributed by atoms with Gasteiger partial charge in [0.15, 0.2) is 0 Å². The molecule has 0 aliphatic rings. The van der Waals surface area contributed by atoms with Crippen LogP contribution >= 0.6 is 0 Å². The van der Waals surface area contributed by atoms with Gasteiger partial charge >= 0.3 is 0 Å². The van der Waals surface area contributed by atoms with E-state index in [9.17, 15) is 10.1 Å². The van der Waals surface area contributed by atoms with Crippen molar-refractivity contribution in [2.45, 2.75) is 19.4 Å². The van der Waals surface area contributed by atoms with Crippen molar-refractivity contribution < 1.29 is 9.66 Å². The smallest absolute Gasteiger partial charge is 0.276 e. The summed E-state index contributed by atoms with van der Waals surface area (Å²) in [6.45, 7) is 3.84. The lowest BCUT2D eigenvalue weighted by atomic mass is 10.1. The van der Waals surface area contributed by atoms with Gasteiger partial charge in [-0.05, 0) is 13.8 Å². The SMILES string of the molecule is CC(C)(N)COc1cc([N+](=O)[O-])ccn1. The minimum atomic E-state index is -0.498. The molecule has 0 fully saturated rings. The lowest BCUT2D eigenvalue weighted by molar-refractivity contribution is -0.385. The summed E-state index contributed by atoms with van der Waals surface area (Å²) in [7, 11) is 0. The van der Waals surface area contributed by atoms with Gasteiger partial charge in [-0.15, -0.1) is 0 Å². The van der Waals surface area contributed by atoms with Crippen LogP contribution < -0.4 is 10.5 Å². The second-order valence-electron chi connectivity index (χ2n) is 3.89. The van der Waals surface area contributed by atoms with Crippen molar-refractivity contribution in [3.63, 3.8) is 0 Å². The van der Waals surface area contributed by atoms with Gasteiger partial charge in [0.2, 0.25) is 5.88 Å². The molecule has 0 amide bonds. The first-order valence-corrected chi connectivity index (χ1v) is 4.40. The summed E-state index contributed by atoms with van der Waals surface area (Å²) in [5.74, 6) is 0.211. The van der Waals surface area contributed by atoms with Crippen LogP contribution in [0.5, 0.6) is 5.88 Å². The largest absolute Gasteiger partial charge is 0.476 e. The van der Waals surface area contributed by atoms with Crippen molar-refractivity contribution in [3.05, 3.63) is 28.4 Å². The maximum Gasteiger partial charge on any atom is 0.276 e. The Kier molecular flexibility index (Phi) is 3.21. The Morgan fingerprint density at radius 1 is 1.67 bits per heavy atom. The molecular formula is C9H13N3O3. The van der Waals surface area contributed by atoms with Crippen molar-refractivity contribution in [3.8, 4) is 5.88 Å². The minimum Gasteiger partial charge on any atom is -0.476 e. The molecule has 15 heavy (non-hydrogen) atoms. The van der Waals surface area contributed by atoms with E-state index in [-0.39, 0.29) is 18.2 Å². The molecule has 0 atom stereocenters. The molecule has 1 aromatic heterocycles. The van der Waals surface area contributed by atoms with E-state index >= 15 is 0 Å². The summed E-state index contributed by atoms with van der Waals surface area (Å²) in [5, 5.41) is 10.5. The molecule has 6 heteroatoms. The topological polar surface area (TPSA) is 91.3 Å². The molecular weight excluding hydrogens is 198 g/mol. The second-order valence-corrected chi connectivity index (χ2v) is 3.89. The minimum absolute atomic E-state index is 0.0465. The van der Waals surface area contributed by atoms with Crippen LogP contribution in [0.1, 0.15) is 13.8 Å². The number of aromatic nitrogens is 1. The first-order chi connectivity index (χ1) is 6.88. The lowest BCUT2D eigenvalue weighted by Crippen LogP contribution is -2.38. The number of hydrogen-bond donors (Lipinski definition) is 1. The van der Waals surface area contributed by atoms with E-state index in [1.165, 1.54) is 18.3 Å². The van der Waals surface area contributed by atoms with Gasteiger partial charge in [-0.1, -0.05) is 0 Å². The van der Waals surface area contributed by atoms with Crippen molar-refractivity contribution in [2.24, 2.45) is 5.73 Å². The zero-order valence-electron chi connectivity index (χ0n) is 8.64. The quantitative estimate of drug-likeness (QED) is 0.594. The maximum atomic E-state index is 10.5. The van der Waals surface area contributed by atoms with Crippen LogP contribution in [0, 0.1) is 10.1 Å². The van der Waals surface area contributed by atoms with Crippen LogP contribution in [0.3, 0.4) is 0 Å². The zero-order valence-corrected chi connectivity index (χ0v) is 8.64. The summed E-state index contributed by atoms with van der Waals surface area (Å²) in [6.07, 6.45) is 1.33. The van der Waals surface area contributed by atoms with Crippen LogP contribution in [0.4, 0.5) is 5.69 Å². The summed E-state index contributed by atoms with van der Waals surface area (Å²) in [6, 6.07) is 2.58. The first kappa shape index (κ1) is 11.4. The molecule has 82 valence electrons. The zero-order chi connectivity index (χ0) is 11.5. The Balaban J connectivity index is 2.70. The Hall–Kier alpha value is -1.69. The van der Waals surface area contributed by atoms with E-state index in [1.807, 2.05) is 0 Å². The predicted octanol–water partition coefficient (Wildman–Crippen LogP) is 1.11. The lowest BCUT2D eigenvalue weighted by Gasteiger charge is -2.18. The third-order valence-corrected chi connectivity index (χ3v) is 1.52. The molecule has 0 aromatic carbocycles. The van der Waals surface area contributed by atoms with Gasteiger partial charge in [0.25, 0.3) is 5.69 Å². The van der Waals surface area contributed by atoms with E-state index < -0.39 is 10.5 Å². The number of pyridine rings is 1. The van der Waals surface area contributed by atoms with E-state index in [4.69, 9.17) is 10.5 Å². The number of nitrogens with zero attached hydrogens (tertiary/aromatic N) is 2. The van der Waals surface area contributed by atoms with Crippen LogP contribution in [0.15, 0.2) is 18.3 Å². The van der Waals surface area contributed by atoms with Crippen molar-refractivity contribution in [1.29, 1.82) is 0 Å². The average molecular weight is 211 g/mol. The van der Waals surface area contributed by atoms with Gasteiger partial charge in [-0.3, -0.25) is 10.1 Å². The normalized spacial score (nSPS) is 11.1. The summed E-state index contributed by atoms with van der Waals surface area (Å²) >= 11 is 0. The Bertz CT molecular complexity index is 360. The van der Waals surface area contributed by atoms with Gasteiger partial charge in [0.1, 0.15) is 6.61 Å². The molecule has 0 spiro atoms. The third kappa shape index (κ3) is 3.90. The van der Waals surface area contributed by atoms with Crippen molar-refractivity contribution in [1.82, 2.24) is 4.98 Å². The van der Waals surface area contributed by atoms with E-state index in [0.29, 0.717) is 0 Å². The van der Waals surface area contributed by atoms with Crippen molar-refractivity contribution >= 4 is 5.69 Å². The molecule has 1 rings (SSSR count). The van der Waals surface area contributed by atoms with Crippen LogP contribution in [-0.2, 0) is 0 Å². The van der Waals surface area contributed by atoms with E-state index in [1.54, 1.807) is 13.8 Å². The number of nitrogens with two attached hydrogens (primary N) is 1. The molecule has 6 nitrogen and oxygen atoms in total. The van der Waals surface area contributed by atoms with Gasteiger partial charge in [-0.2, -0.15) is 0 Å². The van der Waals surface area contributed by atoms with Gasteiger partial charge in [-0.25, -0.2) is 4.98 Å². The Morgan fingerprint density at radius 3 is 2.87 bits per heavy atom. The van der Waals surface area contributed by atoms with Crippen LogP contribution in [0.2, 0.25) is 0 Å². The summed E-state index contributed by atoms with van der Waals surface area (Å²) in [5.41, 5.74) is 5.15. The highest BCUT2D eigenvalue weighted by atomic mass is 16.6. The van der Waals surface area contributed by atoms with Crippen LogP contribution in [-0.4, -0.2) is 22.1 Å². The monoisotopic (exact) mass is 211 g/mol. The first-order valence-electron chi connectivity index (χ1n) is 4.40. The maximum absolute atomic E-state index is 10.5. The highest BCUT2D eigenvalue weighted by Gasteiger charge is 2.13. The van der Waals surface area contributed by atoms with Crippen LogP contribution in [0.25, 0.3) is 0 Å². The molecule has 0 saturated heterocycles. The van der Waals surface area contributed by atoms with Gasteiger partial charge < -0.3 is 10.5 Å². The molecule has 0 aliphatic heterocycles. The predicted molar refractivity (Wildman–Crippen MR) is 54.7 cm³/mol. The molecule has 0 radical (unpaired) electrons. The number of hydrogen-bond acceptors (Lipinski definition) is 5. The molecule has 0 bridgehead atoms. The molecule has 2 N–H and O–H groups in total. The summed E-state index contributed by atoms with van der Waals surface area (Å²) < 4.78 is 5.22. The highest BCUT2D eigenvalue weighted by Crippen LogP contribution is 2.16. The molecule has 0 saturated carbocycles. The van der Waals surface area contributed by atoms with Gasteiger partial charge in [0, 0.05) is 17.8 Å². The third-order valence-electron chi connectivity index (χ3n) is 1.52. The number of ether oxygens (including phenoxy) is 1. The molecule has 0 unspecified atom stereocenters. The van der Waals surface area contributed by atoms with Crippen molar-refractivity contribution in [2.75, 3.05) is 6.61 Å². The Morgan fingerprint density at radius 2 is 2.33 bits per heavy atom. The Labute approximate surface area is 87.2 Å². The van der Waals surface area contributed by atoms with E-state index in [2.05, 4.69) is 4.98 Å². The van der Waals surface area contributed by atoms with E-state index in [0.717, 1.165) is 0 Å². The molecule has 1 heterocycles. The number of rotatable bonds is 4. The summed E-state index contributed by atoms with van der Waals surface area (Å²) in [4.78, 5) is 13.8. The standard InChI is InChI=1S/C9H13N3O3/c1-9(2,10)6-15-8-5-7(12(13)14)3-4-11-8/h3-5H,6,10H2,1-2H3.